The minimum atomic E-state index is -0.531. The molecule has 7 nitrogen and oxygen atoms in total. The van der Waals surface area contributed by atoms with E-state index in [1.165, 1.54) is 0 Å². The molecular formula is C24H32N4O3S. The molecule has 2 aliphatic heterocycles. The highest BCUT2D eigenvalue weighted by Crippen LogP contribution is 2.35. The molecule has 1 aromatic carbocycles. The molecule has 0 radical (unpaired) electrons. The number of ether oxygens (including phenoxy) is 2. The van der Waals surface area contributed by atoms with Gasteiger partial charge < -0.3 is 19.3 Å². The SMILES string of the molecule is CSC1=NC2=C(CCN(C(=O)OC(C)(C)C)CC2)C(Oc2c(C)cc(C#N)cc2C)N1C. The van der Waals surface area contributed by atoms with E-state index >= 15 is 0 Å². The Morgan fingerprint density at radius 3 is 2.41 bits per heavy atom. The Bertz CT molecular complexity index is 980. The normalized spacial score (nSPS) is 19.1. The number of likely N-dealkylation sites (N-methyl/N-ethyl adjacent to an activating group) is 1. The number of thioether (sulfide) groups is 1. The molecule has 32 heavy (non-hydrogen) atoms. The standard InChI is InChI=1S/C24H32N4O3S/c1-15-12-17(14-25)13-16(2)20(15)30-21-18-8-10-28(23(29)31-24(3,4)5)11-9-19(18)26-22(32-7)27(21)6/h12-13,21H,8-11H2,1-7H3. The van der Waals surface area contributed by atoms with Crippen molar-refractivity contribution in [2.24, 2.45) is 4.99 Å². The predicted molar refractivity (Wildman–Crippen MR) is 128 cm³/mol. The van der Waals surface area contributed by atoms with Gasteiger partial charge in [0.2, 0.25) is 0 Å². The van der Waals surface area contributed by atoms with E-state index < -0.39 is 5.60 Å². The second-order valence-electron chi connectivity index (χ2n) is 9.17. The first-order valence-corrected chi connectivity index (χ1v) is 12.0. The number of aliphatic imine (C=N–C) groups is 1. The number of nitrogens with zero attached hydrogens (tertiary/aromatic N) is 4. The first-order chi connectivity index (χ1) is 15.0. The molecule has 1 atom stereocenters. The van der Waals surface area contributed by atoms with E-state index in [9.17, 15) is 10.1 Å². The lowest BCUT2D eigenvalue weighted by atomic mass is 10.0. The van der Waals surface area contributed by atoms with E-state index in [4.69, 9.17) is 14.5 Å². The summed E-state index contributed by atoms with van der Waals surface area (Å²) in [5.41, 5.74) is 4.01. The molecule has 0 aromatic heterocycles. The fourth-order valence-corrected chi connectivity index (χ4v) is 4.58. The van der Waals surface area contributed by atoms with Gasteiger partial charge in [0, 0.05) is 32.1 Å². The maximum Gasteiger partial charge on any atom is 0.410 e. The van der Waals surface area contributed by atoms with E-state index in [0.717, 1.165) is 33.3 Å². The summed E-state index contributed by atoms with van der Waals surface area (Å²) in [5.74, 6) is 0.781. The highest BCUT2D eigenvalue weighted by molar-refractivity contribution is 8.13. The van der Waals surface area contributed by atoms with Crippen LogP contribution in [0.3, 0.4) is 0 Å². The van der Waals surface area contributed by atoms with Crippen LogP contribution < -0.4 is 4.74 Å². The van der Waals surface area contributed by atoms with Crippen LogP contribution in [0.1, 0.15) is 50.3 Å². The molecule has 8 heteroatoms. The molecule has 172 valence electrons. The number of rotatable bonds is 2. The third-order valence-electron chi connectivity index (χ3n) is 5.48. The van der Waals surface area contributed by atoms with Crippen molar-refractivity contribution in [1.29, 1.82) is 5.26 Å². The maximum atomic E-state index is 12.7. The van der Waals surface area contributed by atoms with Crippen molar-refractivity contribution in [2.45, 2.75) is 59.3 Å². The Morgan fingerprint density at radius 2 is 1.84 bits per heavy atom. The van der Waals surface area contributed by atoms with Crippen molar-refractivity contribution < 1.29 is 14.3 Å². The zero-order valence-corrected chi connectivity index (χ0v) is 20.8. The molecule has 1 unspecified atom stereocenters. The molecule has 2 aliphatic rings. The summed E-state index contributed by atoms with van der Waals surface area (Å²) in [7, 11) is 1.98. The number of hydrogen-bond donors (Lipinski definition) is 0. The quantitative estimate of drug-likeness (QED) is 0.634. The Morgan fingerprint density at radius 1 is 1.22 bits per heavy atom. The lowest BCUT2D eigenvalue weighted by molar-refractivity contribution is 0.0255. The van der Waals surface area contributed by atoms with Crippen LogP contribution >= 0.6 is 11.8 Å². The average molecular weight is 457 g/mol. The van der Waals surface area contributed by atoms with E-state index in [-0.39, 0.29) is 12.3 Å². The van der Waals surface area contributed by atoms with Gasteiger partial charge in [0.05, 0.1) is 17.3 Å². The fraction of sp³-hybridized carbons (Fsp3) is 0.542. The van der Waals surface area contributed by atoms with Crippen molar-refractivity contribution >= 4 is 23.0 Å². The zero-order chi connectivity index (χ0) is 23.6. The summed E-state index contributed by atoms with van der Waals surface area (Å²) in [6.07, 6.45) is 2.69. The number of carbonyl (C=O) groups excluding carboxylic acids is 1. The molecule has 0 fully saturated rings. The molecular weight excluding hydrogens is 424 g/mol. The number of carbonyl (C=O) groups is 1. The molecule has 1 amide bonds. The van der Waals surface area contributed by atoms with Gasteiger partial charge in [-0.25, -0.2) is 9.79 Å². The number of hydrogen-bond acceptors (Lipinski definition) is 7. The second kappa shape index (κ2) is 9.45. The van der Waals surface area contributed by atoms with Crippen LogP contribution in [-0.4, -0.2) is 59.3 Å². The fourth-order valence-electron chi connectivity index (χ4n) is 4.00. The summed E-state index contributed by atoms with van der Waals surface area (Å²) in [4.78, 5) is 21.3. The molecule has 0 bridgehead atoms. The topological polar surface area (TPSA) is 78.2 Å². The monoisotopic (exact) mass is 456 g/mol. The van der Waals surface area contributed by atoms with Crippen LogP contribution in [-0.2, 0) is 4.74 Å². The van der Waals surface area contributed by atoms with Gasteiger partial charge in [-0.1, -0.05) is 11.8 Å². The van der Waals surface area contributed by atoms with E-state index in [1.54, 1.807) is 16.7 Å². The largest absolute Gasteiger partial charge is 0.466 e. The van der Waals surface area contributed by atoms with E-state index in [0.29, 0.717) is 31.5 Å². The van der Waals surface area contributed by atoms with Crippen molar-refractivity contribution in [1.82, 2.24) is 9.80 Å². The van der Waals surface area contributed by atoms with E-state index in [2.05, 4.69) is 6.07 Å². The predicted octanol–water partition coefficient (Wildman–Crippen LogP) is 4.83. The van der Waals surface area contributed by atoms with Crippen LogP contribution in [0.15, 0.2) is 28.4 Å². The summed E-state index contributed by atoms with van der Waals surface area (Å²) in [6, 6.07) is 5.90. The third-order valence-corrected chi connectivity index (χ3v) is 6.22. The lowest BCUT2D eigenvalue weighted by Crippen LogP contribution is -2.44. The minimum absolute atomic E-state index is 0.295. The molecule has 0 spiro atoms. The van der Waals surface area contributed by atoms with Gasteiger partial charge in [-0.2, -0.15) is 5.26 Å². The van der Waals surface area contributed by atoms with Crippen LogP contribution in [0, 0.1) is 25.2 Å². The van der Waals surface area contributed by atoms with Gasteiger partial charge in [0.15, 0.2) is 11.4 Å². The molecule has 0 saturated carbocycles. The first kappa shape index (κ1) is 24.0. The second-order valence-corrected chi connectivity index (χ2v) is 9.94. The summed E-state index contributed by atoms with van der Waals surface area (Å²) in [6.45, 7) is 10.7. The maximum absolute atomic E-state index is 12.7. The van der Waals surface area contributed by atoms with Crippen LogP contribution in [0.5, 0.6) is 5.75 Å². The third kappa shape index (κ3) is 5.21. The highest BCUT2D eigenvalue weighted by Gasteiger charge is 2.35. The lowest BCUT2D eigenvalue weighted by Gasteiger charge is -2.36. The smallest absolute Gasteiger partial charge is 0.410 e. The number of amidine groups is 1. The summed E-state index contributed by atoms with van der Waals surface area (Å²) < 4.78 is 12.2. The van der Waals surface area contributed by atoms with Gasteiger partial charge in [0.25, 0.3) is 0 Å². The molecule has 3 rings (SSSR count). The van der Waals surface area contributed by atoms with Gasteiger partial charge in [-0.15, -0.1) is 0 Å². The number of amides is 1. The minimum Gasteiger partial charge on any atom is -0.466 e. The Hall–Kier alpha value is -2.66. The number of aryl methyl sites for hydroxylation is 2. The Balaban J connectivity index is 1.89. The van der Waals surface area contributed by atoms with Gasteiger partial charge >= 0.3 is 6.09 Å². The zero-order valence-electron chi connectivity index (χ0n) is 20.0. The molecule has 0 saturated heterocycles. The van der Waals surface area contributed by atoms with Crippen LogP contribution in [0.2, 0.25) is 0 Å². The van der Waals surface area contributed by atoms with Gasteiger partial charge in [-0.05, 0) is 70.6 Å². The molecule has 2 heterocycles. The van der Waals surface area contributed by atoms with E-state index in [1.807, 2.05) is 65.0 Å². The summed E-state index contributed by atoms with van der Waals surface area (Å²) >= 11 is 1.57. The first-order valence-electron chi connectivity index (χ1n) is 10.8. The van der Waals surface area contributed by atoms with Crippen LogP contribution in [0.4, 0.5) is 4.79 Å². The number of benzene rings is 1. The van der Waals surface area contributed by atoms with Gasteiger partial charge in [0.1, 0.15) is 11.4 Å². The van der Waals surface area contributed by atoms with Crippen molar-refractivity contribution in [3.63, 3.8) is 0 Å². The molecule has 0 N–H and O–H groups in total. The summed E-state index contributed by atoms with van der Waals surface area (Å²) in [5, 5.41) is 10.1. The number of nitriles is 1. The van der Waals surface area contributed by atoms with Crippen molar-refractivity contribution in [3.8, 4) is 11.8 Å². The average Bonchev–Trinajstić information content (AvgIpc) is 2.92. The van der Waals surface area contributed by atoms with Crippen molar-refractivity contribution in [3.05, 3.63) is 40.1 Å². The van der Waals surface area contributed by atoms with Gasteiger partial charge in [-0.3, -0.25) is 0 Å². The van der Waals surface area contributed by atoms with Crippen molar-refractivity contribution in [2.75, 3.05) is 26.4 Å². The molecule has 0 aliphatic carbocycles. The Labute approximate surface area is 195 Å². The van der Waals surface area contributed by atoms with Crippen LogP contribution in [0.25, 0.3) is 0 Å². The Kier molecular flexibility index (Phi) is 7.09. The molecule has 1 aromatic rings. The highest BCUT2D eigenvalue weighted by atomic mass is 32.2.